The number of esters is 1. The molecule has 1 fully saturated rings. The monoisotopic (exact) mass is 523 g/mol. The van der Waals surface area contributed by atoms with E-state index in [9.17, 15) is 4.79 Å². The maximum atomic E-state index is 13.5. The summed E-state index contributed by atoms with van der Waals surface area (Å²) in [6.07, 6.45) is 0. The van der Waals surface area contributed by atoms with E-state index < -0.39 is 6.04 Å². The van der Waals surface area contributed by atoms with Gasteiger partial charge in [0.15, 0.2) is 0 Å². The Balaban J connectivity index is 1.73. The van der Waals surface area contributed by atoms with Crippen molar-refractivity contribution in [3.8, 4) is 11.5 Å². The highest BCUT2D eigenvalue weighted by Gasteiger charge is 2.58. The summed E-state index contributed by atoms with van der Waals surface area (Å²) in [7, 11) is 3.42. The van der Waals surface area contributed by atoms with Gasteiger partial charge in [0, 0.05) is 0 Å². The Bertz CT molecular complexity index is 1430. The van der Waals surface area contributed by atoms with Gasteiger partial charge in [-0.1, -0.05) is 66.7 Å². The summed E-state index contributed by atoms with van der Waals surface area (Å²) >= 11 is 0. The number of nitrogens with zero attached hydrogens (tertiary/aromatic N) is 1. The molecule has 1 saturated heterocycles. The third kappa shape index (κ3) is 4.76. The van der Waals surface area contributed by atoms with Crippen LogP contribution in [0, 0.1) is 27.7 Å². The Morgan fingerprint density at radius 3 is 1.82 bits per heavy atom. The van der Waals surface area contributed by atoms with E-state index in [-0.39, 0.29) is 18.1 Å². The molecule has 4 aromatic carbocycles. The van der Waals surface area contributed by atoms with Crippen molar-refractivity contribution < 1.29 is 19.0 Å². The van der Waals surface area contributed by atoms with Crippen LogP contribution in [0.3, 0.4) is 0 Å². The first-order valence-electron chi connectivity index (χ1n) is 13.5. The van der Waals surface area contributed by atoms with Gasteiger partial charge in [0.1, 0.15) is 17.5 Å². The summed E-state index contributed by atoms with van der Waals surface area (Å²) in [4.78, 5) is 15.8. The first kappa shape index (κ1) is 26.8. The molecular weight excluding hydrogens is 486 g/mol. The molecule has 5 heteroatoms. The molecule has 0 saturated carbocycles. The summed E-state index contributed by atoms with van der Waals surface area (Å²) in [6.45, 7) is 10.5. The SMILES string of the molecule is CCOC(=O)[C@H]1[C@@H](c2cccc3ccccc23)N1C(c1cc(C)c(OC)c(C)c1)c1cc(C)c(OC)c(C)c1. The number of aryl methyl sites for hydroxylation is 4. The van der Waals surface area contributed by atoms with Crippen LogP contribution < -0.4 is 9.47 Å². The smallest absolute Gasteiger partial charge is 0.325 e. The Morgan fingerprint density at radius 1 is 0.795 bits per heavy atom. The zero-order valence-corrected chi connectivity index (χ0v) is 23.9. The molecule has 0 aliphatic carbocycles. The standard InChI is InChI=1S/C34H37NO4/c1-8-39-34(36)31-30(28-15-11-13-24-12-9-10-14-27(24)28)35(31)29(25-16-20(2)32(37-6)21(3)17-25)26-18-22(4)33(38-7)23(5)19-26/h9-19,29-31H,8H2,1-7H3/t30-,31-,35?/m1/s1. The van der Waals surface area contributed by atoms with Crippen LogP contribution in [0.25, 0.3) is 10.8 Å². The van der Waals surface area contributed by atoms with Crippen molar-refractivity contribution in [3.05, 3.63) is 106 Å². The van der Waals surface area contributed by atoms with Crippen LogP contribution in [0.4, 0.5) is 0 Å². The third-order valence-electron chi connectivity index (χ3n) is 7.83. The molecule has 0 radical (unpaired) electrons. The minimum absolute atomic E-state index is 0.120. The molecule has 5 rings (SSSR count). The van der Waals surface area contributed by atoms with Crippen LogP contribution in [-0.4, -0.2) is 37.7 Å². The van der Waals surface area contributed by atoms with Crippen molar-refractivity contribution in [1.29, 1.82) is 0 Å². The highest BCUT2D eigenvalue weighted by Crippen LogP contribution is 2.54. The first-order chi connectivity index (χ1) is 18.8. The molecule has 0 aromatic heterocycles. The Labute approximate surface area is 231 Å². The highest BCUT2D eigenvalue weighted by molar-refractivity contribution is 5.89. The van der Waals surface area contributed by atoms with Crippen molar-refractivity contribution in [2.75, 3.05) is 20.8 Å². The summed E-state index contributed by atoms with van der Waals surface area (Å²) in [5.41, 5.74) is 7.64. The molecule has 4 aromatic rings. The number of ether oxygens (including phenoxy) is 3. The minimum atomic E-state index is -0.397. The molecule has 0 bridgehead atoms. The average Bonchev–Trinajstić information content (AvgIpc) is 3.63. The number of hydrogen-bond acceptors (Lipinski definition) is 5. The average molecular weight is 524 g/mol. The Hall–Kier alpha value is -3.83. The molecule has 5 nitrogen and oxygen atoms in total. The molecule has 1 unspecified atom stereocenters. The van der Waals surface area contributed by atoms with Crippen molar-refractivity contribution >= 4 is 16.7 Å². The second-order valence-corrected chi connectivity index (χ2v) is 10.4. The van der Waals surface area contributed by atoms with Crippen LogP contribution in [-0.2, 0) is 9.53 Å². The summed E-state index contributed by atoms with van der Waals surface area (Å²) in [5, 5.41) is 2.32. The van der Waals surface area contributed by atoms with Gasteiger partial charge >= 0.3 is 5.97 Å². The lowest BCUT2D eigenvalue weighted by Gasteiger charge is -2.25. The van der Waals surface area contributed by atoms with Crippen LogP contribution in [0.5, 0.6) is 11.5 Å². The van der Waals surface area contributed by atoms with Gasteiger partial charge in [-0.05, 0) is 84.3 Å². The van der Waals surface area contributed by atoms with E-state index in [1.54, 1.807) is 14.2 Å². The molecule has 1 aliphatic rings. The van der Waals surface area contributed by atoms with Gasteiger partial charge in [0.05, 0.1) is 32.9 Å². The van der Waals surface area contributed by atoms with Gasteiger partial charge in [-0.25, -0.2) is 0 Å². The fourth-order valence-electron chi connectivity index (χ4n) is 6.35. The lowest BCUT2D eigenvalue weighted by atomic mass is 9.92. The molecular formula is C34H37NO4. The zero-order chi connectivity index (χ0) is 27.8. The van der Waals surface area contributed by atoms with E-state index in [4.69, 9.17) is 14.2 Å². The van der Waals surface area contributed by atoms with Crippen molar-refractivity contribution in [3.63, 3.8) is 0 Å². The second-order valence-electron chi connectivity index (χ2n) is 10.4. The van der Waals surface area contributed by atoms with Gasteiger partial charge in [0.25, 0.3) is 0 Å². The van der Waals surface area contributed by atoms with Crippen LogP contribution in [0.2, 0.25) is 0 Å². The summed E-state index contributed by atoms with van der Waals surface area (Å²) < 4.78 is 17.0. The largest absolute Gasteiger partial charge is 0.496 e. The van der Waals surface area contributed by atoms with Crippen LogP contribution in [0.15, 0.2) is 66.7 Å². The first-order valence-corrected chi connectivity index (χ1v) is 13.5. The maximum absolute atomic E-state index is 13.5. The number of hydrogen-bond donors (Lipinski definition) is 0. The van der Waals surface area contributed by atoms with Gasteiger partial charge in [0.2, 0.25) is 0 Å². The molecule has 0 amide bonds. The third-order valence-corrected chi connectivity index (χ3v) is 7.83. The number of carbonyl (C=O) groups excluding carboxylic acids is 1. The zero-order valence-electron chi connectivity index (χ0n) is 23.9. The second kappa shape index (κ2) is 10.7. The summed E-state index contributed by atoms with van der Waals surface area (Å²) in [6, 6.07) is 22.8. The normalized spacial score (nSPS) is 18.3. The molecule has 39 heavy (non-hydrogen) atoms. The van der Waals surface area contributed by atoms with E-state index in [1.807, 2.05) is 13.0 Å². The van der Waals surface area contributed by atoms with Crippen molar-refractivity contribution in [1.82, 2.24) is 4.90 Å². The van der Waals surface area contributed by atoms with E-state index in [0.29, 0.717) is 6.61 Å². The maximum Gasteiger partial charge on any atom is 0.325 e. The number of benzene rings is 4. The molecule has 1 aliphatic heterocycles. The number of fused-ring (bicyclic) bond motifs is 1. The molecule has 1 heterocycles. The fourth-order valence-corrected chi connectivity index (χ4v) is 6.35. The fraction of sp³-hybridized carbons (Fsp3) is 0.324. The van der Waals surface area contributed by atoms with Gasteiger partial charge < -0.3 is 14.2 Å². The number of carbonyl (C=O) groups is 1. The molecule has 202 valence electrons. The van der Waals surface area contributed by atoms with E-state index >= 15 is 0 Å². The van der Waals surface area contributed by atoms with E-state index in [2.05, 4.69) is 93.3 Å². The van der Waals surface area contributed by atoms with E-state index in [0.717, 1.165) is 61.2 Å². The van der Waals surface area contributed by atoms with Gasteiger partial charge in [-0.3, -0.25) is 9.69 Å². The van der Waals surface area contributed by atoms with E-state index in [1.165, 1.54) is 0 Å². The summed E-state index contributed by atoms with van der Waals surface area (Å²) in [5.74, 6) is 1.58. The van der Waals surface area contributed by atoms with Crippen molar-refractivity contribution in [2.24, 2.45) is 0 Å². The van der Waals surface area contributed by atoms with Crippen molar-refractivity contribution in [2.45, 2.75) is 52.7 Å². The van der Waals surface area contributed by atoms with Crippen LogP contribution in [0.1, 0.15) is 58.0 Å². The predicted octanol–water partition coefficient (Wildman–Crippen LogP) is 7.17. The molecule has 3 atom stereocenters. The Morgan fingerprint density at radius 2 is 1.31 bits per heavy atom. The molecule has 0 N–H and O–H groups in total. The number of methoxy groups -OCH3 is 2. The van der Waals surface area contributed by atoms with Crippen LogP contribution >= 0.6 is 0 Å². The topological polar surface area (TPSA) is 47.8 Å². The quantitative estimate of drug-likeness (QED) is 0.181. The predicted molar refractivity (Wildman–Crippen MR) is 156 cm³/mol. The lowest BCUT2D eigenvalue weighted by molar-refractivity contribution is -0.143. The Kier molecular flexibility index (Phi) is 7.37. The molecule has 0 spiro atoms. The lowest BCUT2D eigenvalue weighted by Crippen LogP contribution is -2.21. The number of rotatable bonds is 8. The van der Waals surface area contributed by atoms with Gasteiger partial charge in [-0.15, -0.1) is 0 Å². The van der Waals surface area contributed by atoms with Gasteiger partial charge in [-0.2, -0.15) is 0 Å². The highest BCUT2D eigenvalue weighted by atomic mass is 16.5. The minimum Gasteiger partial charge on any atom is -0.496 e.